The molecular formula is C11H22N2O. The van der Waals surface area contributed by atoms with Crippen LogP contribution >= 0.6 is 0 Å². The van der Waals surface area contributed by atoms with Crippen LogP contribution in [-0.4, -0.2) is 26.3 Å². The summed E-state index contributed by atoms with van der Waals surface area (Å²) in [5.74, 6) is 0.107. The van der Waals surface area contributed by atoms with Gasteiger partial charge in [0.2, 0.25) is 0 Å². The predicted molar refractivity (Wildman–Crippen MR) is 58.0 cm³/mol. The fourth-order valence-electron chi connectivity index (χ4n) is 1.01. The summed E-state index contributed by atoms with van der Waals surface area (Å²) in [4.78, 5) is 0. The van der Waals surface area contributed by atoms with Crippen molar-refractivity contribution in [2.24, 2.45) is 5.92 Å². The first-order valence-corrected chi connectivity index (χ1v) is 5.49. The molecule has 1 N–H and O–H groups in total. The number of hydrogen-bond acceptors (Lipinski definition) is 3. The minimum atomic E-state index is 0.107. The van der Waals surface area contributed by atoms with Gasteiger partial charge >= 0.3 is 0 Å². The largest absolute Gasteiger partial charge is 0.381 e. The van der Waals surface area contributed by atoms with Crippen molar-refractivity contribution in [2.45, 2.75) is 33.1 Å². The molecule has 0 aromatic rings. The second kappa shape index (κ2) is 10.5. The molecule has 3 nitrogen and oxygen atoms in total. The molecule has 3 heteroatoms. The first kappa shape index (κ1) is 13.4. The summed E-state index contributed by atoms with van der Waals surface area (Å²) in [6.45, 7) is 7.52. The van der Waals surface area contributed by atoms with Crippen molar-refractivity contribution in [3.63, 3.8) is 0 Å². The van der Waals surface area contributed by atoms with Crippen molar-refractivity contribution in [3.05, 3.63) is 0 Å². The molecule has 0 aromatic carbocycles. The molecule has 82 valence electrons. The number of ether oxygens (including phenoxy) is 1. The first-order chi connectivity index (χ1) is 6.81. The van der Waals surface area contributed by atoms with Gasteiger partial charge in [-0.25, -0.2) is 0 Å². The minimum absolute atomic E-state index is 0.107. The summed E-state index contributed by atoms with van der Waals surface area (Å²) < 4.78 is 5.40. The van der Waals surface area contributed by atoms with E-state index < -0.39 is 0 Å². The van der Waals surface area contributed by atoms with Crippen molar-refractivity contribution >= 4 is 0 Å². The molecule has 0 aliphatic rings. The van der Waals surface area contributed by atoms with Crippen LogP contribution in [0.1, 0.15) is 33.1 Å². The molecule has 0 aliphatic carbocycles. The van der Waals surface area contributed by atoms with Crippen molar-refractivity contribution in [1.82, 2.24) is 5.32 Å². The van der Waals surface area contributed by atoms with Gasteiger partial charge in [0.05, 0.1) is 12.0 Å². The number of rotatable bonds is 9. The number of unbranched alkanes of at least 4 members (excludes halogenated alkanes) is 1. The van der Waals surface area contributed by atoms with Crippen LogP contribution in [0.2, 0.25) is 0 Å². The van der Waals surface area contributed by atoms with Crippen LogP contribution < -0.4 is 5.32 Å². The summed E-state index contributed by atoms with van der Waals surface area (Å²) in [6, 6.07) is 2.19. The zero-order valence-corrected chi connectivity index (χ0v) is 9.38. The Morgan fingerprint density at radius 1 is 1.36 bits per heavy atom. The quantitative estimate of drug-likeness (QED) is 0.576. The SMILES string of the molecule is CCCCOCCCNCC(C)C#N. The predicted octanol–water partition coefficient (Wildman–Crippen LogP) is 1.94. The summed E-state index contributed by atoms with van der Waals surface area (Å²) in [5, 5.41) is 11.7. The van der Waals surface area contributed by atoms with E-state index in [1.54, 1.807) is 0 Å². The highest BCUT2D eigenvalue weighted by molar-refractivity contribution is 4.79. The van der Waals surface area contributed by atoms with Gasteiger partial charge in [-0.3, -0.25) is 0 Å². The van der Waals surface area contributed by atoms with E-state index in [-0.39, 0.29) is 5.92 Å². The van der Waals surface area contributed by atoms with Crippen molar-refractivity contribution in [3.8, 4) is 6.07 Å². The Balaban J connectivity index is 2.96. The molecule has 1 unspecified atom stereocenters. The van der Waals surface area contributed by atoms with Gasteiger partial charge in [0.1, 0.15) is 0 Å². The van der Waals surface area contributed by atoms with Crippen LogP contribution in [0, 0.1) is 17.2 Å². The molecule has 0 saturated carbocycles. The van der Waals surface area contributed by atoms with Crippen LogP contribution in [0.15, 0.2) is 0 Å². The molecule has 0 rings (SSSR count). The Bertz CT molecular complexity index is 154. The standard InChI is InChI=1S/C11H22N2O/c1-3-4-7-14-8-5-6-13-10-11(2)9-12/h11,13H,3-8,10H2,1-2H3. The van der Waals surface area contributed by atoms with E-state index in [4.69, 9.17) is 10.00 Å². The summed E-state index contributed by atoms with van der Waals surface area (Å²) in [5.41, 5.74) is 0. The van der Waals surface area contributed by atoms with E-state index >= 15 is 0 Å². The van der Waals surface area contributed by atoms with Gasteiger partial charge < -0.3 is 10.1 Å². The molecule has 0 amide bonds. The molecule has 0 heterocycles. The summed E-state index contributed by atoms with van der Waals surface area (Å²) in [6.07, 6.45) is 3.37. The highest BCUT2D eigenvalue weighted by atomic mass is 16.5. The fraction of sp³-hybridized carbons (Fsp3) is 0.909. The van der Waals surface area contributed by atoms with Gasteiger partial charge in [-0.05, 0) is 26.3 Å². The highest BCUT2D eigenvalue weighted by Crippen LogP contribution is 1.90. The van der Waals surface area contributed by atoms with E-state index in [1.165, 1.54) is 6.42 Å². The third-order valence-corrected chi connectivity index (χ3v) is 1.96. The van der Waals surface area contributed by atoms with Crippen LogP contribution in [0.25, 0.3) is 0 Å². The second-order valence-corrected chi connectivity index (χ2v) is 3.55. The third kappa shape index (κ3) is 9.50. The van der Waals surface area contributed by atoms with Crippen LogP contribution in [0.5, 0.6) is 0 Å². The Morgan fingerprint density at radius 2 is 2.07 bits per heavy atom. The third-order valence-electron chi connectivity index (χ3n) is 1.96. The molecule has 0 radical (unpaired) electrons. The van der Waals surface area contributed by atoms with Gasteiger partial charge in [0.15, 0.2) is 0 Å². The topological polar surface area (TPSA) is 45.0 Å². The lowest BCUT2D eigenvalue weighted by molar-refractivity contribution is 0.128. The first-order valence-electron chi connectivity index (χ1n) is 5.49. The van der Waals surface area contributed by atoms with Crippen LogP contribution in [-0.2, 0) is 4.74 Å². The van der Waals surface area contributed by atoms with Gasteiger partial charge in [-0.15, -0.1) is 0 Å². The van der Waals surface area contributed by atoms with Gasteiger partial charge in [0, 0.05) is 19.8 Å². The Labute approximate surface area is 87.4 Å². The monoisotopic (exact) mass is 198 g/mol. The Morgan fingerprint density at radius 3 is 2.71 bits per heavy atom. The Kier molecular flexibility index (Phi) is 10.0. The fourth-order valence-corrected chi connectivity index (χ4v) is 1.01. The van der Waals surface area contributed by atoms with Gasteiger partial charge in [0.25, 0.3) is 0 Å². The van der Waals surface area contributed by atoms with Crippen molar-refractivity contribution < 1.29 is 4.74 Å². The molecule has 0 saturated heterocycles. The lowest BCUT2D eigenvalue weighted by Crippen LogP contribution is -2.22. The molecule has 0 fully saturated rings. The lowest BCUT2D eigenvalue weighted by atomic mass is 10.2. The average molecular weight is 198 g/mol. The molecule has 0 spiro atoms. The van der Waals surface area contributed by atoms with Gasteiger partial charge in [-0.1, -0.05) is 13.3 Å². The maximum atomic E-state index is 8.52. The highest BCUT2D eigenvalue weighted by Gasteiger charge is 1.96. The lowest BCUT2D eigenvalue weighted by Gasteiger charge is -2.06. The smallest absolute Gasteiger partial charge is 0.0666 e. The molecule has 1 atom stereocenters. The average Bonchev–Trinajstić information content (AvgIpc) is 2.21. The number of nitriles is 1. The number of nitrogens with one attached hydrogen (secondary N) is 1. The van der Waals surface area contributed by atoms with Crippen molar-refractivity contribution in [1.29, 1.82) is 5.26 Å². The van der Waals surface area contributed by atoms with E-state index in [1.807, 2.05) is 6.92 Å². The molecule has 0 aliphatic heterocycles. The van der Waals surface area contributed by atoms with Gasteiger partial charge in [-0.2, -0.15) is 5.26 Å². The van der Waals surface area contributed by atoms with E-state index in [0.717, 1.165) is 39.1 Å². The zero-order valence-electron chi connectivity index (χ0n) is 9.38. The maximum Gasteiger partial charge on any atom is 0.0666 e. The summed E-state index contributed by atoms with van der Waals surface area (Å²) in [7, 11) is 0. The zero-order chi connectivity index (χ0) is 10.6. The summed E-state index contributed by atoms with van der Waals surface area (Å²) >= 11 is 0. The van der Waals surface area contributed by atoms with Crippen LogP contribution in [0.4, 0.5) is 0 Å². The number of hydrogen-bond donors (Lipinski definition) is 1. The molecule has 0 bridgehead atoms. The molecule has 14 heavy (non-hydrogen) atoms. The maximum absolute atomic E-state index is 8.52. The Hall–Kier alpha value is -0.590. The molecular weight excluding hydrogens is 176 g/mol. The normalized spacial score (nSPS) is 12.4. The van der Waals surface area contributed by atoms with Crippen molar-refractivity contribution in [2.75, 3.05) is 26.3 Å². The van der Waals surface area contributed by atoms with E-state index in [2.05, 4.69) is 18.3 Å². The molecule has 0 aromatic heterocycles. The van der Waals surface area contributed by atoms with E-state index in [0.29, 0.717) is 0 Å². The van der Waals surface area contributed by atoms with E-state index in [9.17, 15) is 0 Å². The number of nitrogens with zero attached hydrogens (tertiary/aromatic N) is 1. The second-order valence-electron chi connectivity index (χ2n) is 3.55. The van der Waals surface area contributed by atoms with Crippen LogP contribution in [0.3, 0.4) is 0 Å². The minimum Gasteiger partial charge on any atom is -0.381 e.